The number of rotatable bonds is 7. The Morgan fingerprint density at radius 3 is 2.72 bits per heavy atom. The molecule has 0 N–H and O–H groups in total. The molecule has 0 aromatic heterocycles. The van der Waals surface area contributed by atoms with Crippen LogP contribution >= 0.6 is 0 Å². The molecule has 0 saturated carbocycles. The Labute approximate surface area is 175 Å². The first kappa shape index (κ1) is 22.7. The van der Waals surface area contributed by atoms with Crippen molar-refractivity contribution in [3.63, 3.8) is 0 Å². The number of hydrogen-bond acceptors (Lipinski definition) is 4. The van der Waals surface area contributed by atoms with E-state index in [4.69, 9.17) is 4.74 Å². The minimum atomic E-state index is 0.0244. The average Bonchev–Trinajstić information content (AvgIpc) is 2.69. The van der Waals surface area contributed by atoms with Crippen LogP contribution in [0.15, 0.2) is 47.3 Å². The van der Waals surface area contributed by atoms with Gasteiger partial charge in [0.1, 0.15) is 5.75 Å². The van der Waals surface area contributed by atoms with E-state index in [-0.39, 0.29) is 11.8 Å². The van der Waals surface area contributed by atoms with Gasteiger partial charge in [0.2, 0.25) is 0 Å². The summed E-state index contributed by atoms with van der Waals surface area (Å²) in [5.41, 5.74) is 3.70. The van der Waals surface area contributed by atoms with Gasteiger partial charge in [-0.1, -0.05) is 32.6 Å². The second kappa shape index (κ2) is 10.3. The van der Waals surface area contributed by atoms with Gasteiger partial charge in [-0.15, -0.1) is 0 Å². The molecule has 1 atom stereocenters. The number of benzene rings is 1. The van der Waals surface area contributed by atoms with Crippen LogP contribution in [0, 0.1) is 18.8 Å². The fourth-order valence-corrected chi connectivity index (χ4v) is 3.77. The molecule has 1 saturated heterocycles. The maximum Gasteiger partial charge on any atom is 0.257 e. The number of hydrogen-bond donors (Lipinski definition) is 0. The number of carbonyl (C=O) groups is 1. The normalized spacial score (nSPS) is 17.7. The number of methoxy groups -OCH3 is 1. The third-order valence-electron chi connectivity index (χ3n) is 5.06. The van der Waals surface area contributed by atoms with Crippen LogP contribution in [0.25, 0.3) is 0 Å². The highest BCUT2D eigenvalue weighted by Crippen LogP contribution is 2.31. The van der Waals surface area contributed by atoms with Crippen LogP contribution in [0.3, 0.4) is 0 Å². The second-order valence-corrected chi connectivity index (χ2v) is 8.05. The monoisotopic (exact) mass is 397 g/mol. The summed E-state index contributed by atoms with van der Waals surface area (Å²) in [4.78, 5) is 15.2. The molecule has 0 radical (unpaired) electrons. The molecule has 2 rings (SSSR count). The summed E-state index contributed by atoms with van der Waals surface area (Å²) in [6.07, 6.45) is 6.01. The van der Waals surface area contributed by atoms with E-state index in [9.17, 15) is 4.79 Å². The summed E-state index contributed by atoms with van der Waals surface area (Å²) in [6.45, 7) is 15.7. The zero-order chi connectivity index (χ0) is 21.6. The van der Waals surface area contributed by atoms with Crippen molar-refractivity contribution >= 4 is 12.1 Å². The molecule has 1 unspecified atom stereocenters. The fourth-order valence-electron chi connectivity index (χ4n) is 3.77. The Morgan fingerprint density at radius 1 is 1.41 bits per heavy atom. The number of aryl methyl sites for hydroxylation is 1. The smallest absolute Gasteiger partial charge is 0.257 e. The third-order valence-corrected chi connectivity index (χ3v) is 5.06. The van der Waals surface area contributed by atoms with E-state index in [0.717, 1.165) is 36.3 Å². The summed E-state index contributed by atoms with van der Waals surface area (Å²) >= 11 is 0. The number of amides is 1. The number of nitrogens with zero attached hydrogens (tertiary/aromatic N) is 3. The van der Waals surface area contributed by atoms with Crippen molar-refractivity contribution in [2.75, 3.05) is 20.2 Å². The lowest BCUT2D eigenvalue weighted by Crippen LogP contribution is -2.42. The lowest BCUT2D eigenvalue weighted by molar-refractivity contribution is 0.0675. The summed E-state index contributed by atoms with van der Waals surface area (Å²) < 4.78 is 5.47. The van der Waals surface area contributed by atoms with Crippen LogP contribution in [0.5, 0.6) is 5.75 Å². The molecule has 1 aromatic carbocycles. The fraction of sp³-hybridized carbons (Fsp3) is 0.500. The largest absolute Gasteiger partial charge is 0.496 e. The molecule has 1 aliphatic heterocycles. The van der Waals surface area contributed by atoms with Gasteiger partial charge < -0.3 is 9.64 Å². The highest BCUT2D eigenvalue weighted by atomic mass is 16.5. The highest BCUT2D eigenvalue weighted by Gasteiger charge is 2.30. The van der Waals surface area contributed by atoms with E-state index in [1.165, 1.54) is 0 Å². The van der Waals surface area contributed by atoms with Gasteiger partial charge in [0.25, 0.3) is 5.91 Å². The molecule has 0 aliphatic carbocycles. The van der Waals surface area contributed by atoms with Gasteiger partial charge in [-0.3, -0.25) is 4.79 Å². The first-order chi connectivity index (χ1) is 13.8. The van der Waals surface area contributed by atoms with Gasteiger partial charge in [0, 0.05) is 36.6 Å². The van der Waals surface area contributed by atoms with Gasteiger partial charge in [-0.05, 0) is 57.2 Å². The topological polar surface area (TPSA) is 45.1 Å². The van der Waals surface area contributed by atoms with Crippen LogP contribution in [0.1, 0.15) is 56.5 Å². The SMILES string of the molecule is C=C(C)N(/N=C\C)/C(=C\C(C)C)C1CCCN(C(=O)c2ccc(C)cc2OC)C1. The Bertz CT molecular complexity index is 795. The van der Waals surface area contributed by atoms with Crippen LogP contribution in [-0.2, 0) is 0 Å². The number of piperidine rings is 1. The molecule has 29 heavy (non-hydrogen) atoms. The molecule has 1 aliphatic rings. The van der Waals surface area contributed by atoms with Gasteiger partial charge >= 0.3 is 0 Å². The van der Waals surface area contributed by atoms with Gasteiger partial charge in [-0.25, -0.2) is 5.01 Å². The maximum absolute atomic E-state index is 13.3. The van der Waals surface area contributed by atoms with E-state index < -0.39 is 0 Å². The molecule has 1 heterocycles. The standard InChI is InChI=1S/C24H35N3O2/c1-8-25-27(18(4)5)22(14-17(2)3)20-10-9-13-26(16-20)24(28)21-12-11-19(6)15-23(21)29-7/h8,11-12,14-15,17,20H,4,9-10,13,16H2,1-3,5-7H3/b22-14-,25-8-. The average molecular weight is 398 g/mol. The highest BCUT2D eigenvalue weighted by molar-refractivity contribution is 5.97. The maximum atomic E-state index is 13.3. The lowest BCUT2D eigenvalue weighted by atomic mass is 9.91. The predicted molar refractivity (Wildman–Crippen MR) is 120 cm³/mol. The molecular weight excluding hydrogens is 362 g/mol. The first-order valence-electron chi connectivity index (χ1n) is 10.4. The summed E-state index contributed by atoms with van der Waals surface area (Å²) in [7, 11) is 1.61. The van der Waals surface area contributed by atoms with Crippen LogP contribution in [-0.4, -0.2) is 42.2 Å². The minimum Gasteiger partial charge on any atom is -0.496 e. The molecule has 5 heteroatoms. The van der Waals surface area contributed by atoms with Crippen molar-refractivity contribution in [2.24, 2.45) is 16.9 Å². The zero-order valence-electron chi connectivity index (χ0n) is 18.7. The van der Waals surface area contributed by atoms with Crippen LogP contribution < -0.4 is 4.74 Å². The summed E-state index contributed by atoms with van der Waals surface area (Å²) in [5.74, 6) is 1.25. The van der Waals surface area contributed by atoms with E-state index in [1.807, 2.05) is 48.9 Å². The summed E-state index contributed by atoms with van der Waals surface area (Å²) in [6, 6.07) is 5.74. The van der Waals surface area contributed by atoms with E-state index >= 15 is 0 Å². The minimum absolute atomic E-state index is 0.0244. The Hall–Kier alpha value is -2.56. The van der Waals surface area contributed by atoms with Crippen molar-refractivity contribution in [3.8, 4) is 5.75 Å². The predicted octanol–water partition coefficient (Wildman–Crippen LogP) is 5.24. The van der Waals surface area contributed by atoms with Gasteiger partial charge in [0.15, 0.2) is 0 Å². The third kappa shape index (κ3) is 5.72. The van der Waals surface area contributed by atoms with E-state index in [0.29, 0.717) is 23.8 Å². The van der Waals surface area contributed by atoms with Gasteiger partial charge in [-0.2, -0.15) is 5.10 Å². The Morgan fingerprint density at radius 2 is 2.14 bits per heavy atom. The van der Waals surface area contributed by atoms with Crippen LogP contribution in [0.2, 0.25) is 0 Å². The number of ether oxygens (including phenoxy) is 1. The number of hydrazone groups is 1. The van der Waals surface area contributed by atoms with Crippen molar-refractivity contribution in [3.05, 3.63) is 53.4 Å². The molecule has 1 amide bonds. The Kier molecular flexibility index (Phi) is 8.06. The van der Waals surface area contributed by atoms with Crippen molar-refractivity contribution < 1.29 is 9.53 Å². The van der Waals surface area contributed by atoms with E-state index in [2.05, 4.69) is 31.6 Å². The second-order valence-electron chi connectivity index (χ2n) is 8.05. The zero-order valence-corrected chi connectivity index (χ0v) is 18.7. The first-order valence-corrected chi connectivity index (χ1v) is 10.4. The lowest BCUT2D eigenvalue weighted by Gasteiger charge is -2.37. The number of likely N-dealkylation sites (tertiary alicyclic amines) is 1. The van der Waals surface area contributed by atoms with Crippen molar-refractivity contribution in [1.82, 2.24) is 9.91 Å². The van der Waals surface area contributed by atoms with E-state index in [1.54, 1.807) is 13.3 Å². The molecule has 158 valence electrons. The van der Waals surface area contributed by atoms with Crippen LogP contribution in [0.4, 0.5) is 0 Å². The molecule has 0 spiro atoms. The quantitative estimate of drug-likeness (QED) is 0.467. The molecule has 5 nitrogen and oxygen atoms in total. The number of allylic oxidation sites excluding steroid dienone is 2. The molecule has 1 fully saturated rings. The Balaban J connectivity index is 2.32. The number of carbonyl (C=O) groups excluding carboxylic acids is 1. The van der Waals surface area contributed by atoms with Gasteiger partial charge in [0.05, 0.1) is 12.7 Å². The molecule has 0 bridgehead atoms. The van der Waals surface area contributed by atoms with Crippen molar-refractivity contribution in [1.29, 1.82) is 0 Å². The van der Waals surface area contributed by atoms with Crippen molar-refractivity contribution in [2.45, 2.75) is 47.5 Å². The molecule has 1 aromatic rings. The molecular formula is C24H35N3O2. The summed E-state index contributed by atoms with van der Waals surface area (Å²) in [5, 5.41) is 6.46.